The van der Waals surface area contributed by atoms with Crippen LogP contribution in [0.15, 0.2) is 48.0 Å². The van der Waals surface area contributed by atoms with Crippen molar-refractivity contribution in [2.75, 3.05) is 23.3 Å². The van der Waals surface area contributed by atoms with Crippen LogP contribution < -0.4 is 10.2 Å². The maximum absolute atomic E-state index is 12.4. The van der Waals surface area contributed by atoms with E-state index >= 15 is 0 Å². The Bertz CT molecular complexity index is 892. The van der Waals surface area contributed by atoms with E-state index < -0.39 is 5.91 Å². The lowest BCUT2D eigenvalue weighted by molar-refractivity contribution is -0.112. The quantitative estimate of drug-likeness (QED) is 0.625. The number of carbonyl (C=O) groups is 1. The van der Waals surface area contributed by atoms with Crippen LogP contribution in [0.2, 0.25) is 5.02 Å². The first-order valence-corrected chi connectivity index (χ1v) is 8.99. The van der Waals surface area contributed by atoms with Gasteiger partial charge in [0.2, 0.25) is 0 Å². The standard InChI is InChI=1S/C21H20ClN3O/c1-15-12-16(8-9-20(15)25-10-4-5-11-25)13-17(14-23)21(26)24-19-7-3-2-6-18(19)22/h2-3,6-9,12-13H,4-5,10-11H2,1H3,(H,24,26)/b17-13+. The van der Waals surface area contributed by atoms with Crippen LogP contribution in [0.4, 0.5) is 11.4 Å². The number of nitrogens with zero attached hydrogens (tertiary/aromatic N) is 2. The van der Waals surface area contributed by atoms with Crippen LogP contribution in [0.1, 0.15) is 24.0 Å². The van der Waals surface area contributed by atoms with Gasteiger partial charge in [0.1, 0.15) is 11.6 Å². The smallest absolute Gasteiger partial charge is 0.266 e. The van der Waals surface area contributed by atoms with Crippen molar-refractivity contribution in [3.05, 3.63) is 64.2 Å². The summed E-state index contributed by atoms with van der Waals surface area (Å²) in [5.74, 6) is -0.470. The summed E-state index contributed by atoms with van der Waals surface area (Å²) >= 11 is 6.06. The number of hydrogen-bond donors (Lipinski definition) is 1. The molecule has 1 saturated heterocycles. The van der Waals surface area contributed by atoms with Crippen LogP contribution in [0.5, 0.6) is 0 Å². The summed E-state index contributed by atoms with van der Waals surface area (Å²) < 4.78 is 0. The lowest BCUT2D eigenvalue weighted by Crippen LogP contribution is -2.18. The molecule has 1 aliphatic heterocycles. The average molecular weight is 366 g/mol. The van der Waals surface area contributed by atoms with Gasteiger partial charge in [-0.25, -0.2) is 0 Å². The first-order chi connectivity index (χ1) is 12.6. The fourth-order valence-electron chi connectivity index (χ4n) is 3.15. The maximum atomic E-state index is 12.4. The molecular weight excluding hydrogens is 346 g/mol. The van der Waals surface area contributed by atoms with Crippen molar-refractivity contribution in [1.82, 2.24) is 0 Å². The molecule has 5 heteroatoms. The minimum Gasteiger partial charge on any atom is -0.371 e. The van der Waals surface area contributed by atoms with Crippen molar-refractivity contribution in [2.45, 2.75) is 19.8 Å². The van der Waals surface area contributed by atoms with Gasteiger partial charge in [-0.3, -0.25) is 4.79 Å². The van der Waals surface area contributed by atoms with E-state index in [2.05, 4.69) is 23.2 Å². The highest BCUT2D eigenvalue weighted by Crippen LogP contribution is 2.26. The highest BCUT2D eigenvalue weighted by Gasteiger charge is 2.15. The zero-order valence-corrected chi connectivity index (χ0v) is 15.4. The van der Waals surface area contributed by atoms with Crippen LogP contribution in [-0.2, 0) is 4.79 Å². The second-order valence-electron chi connectivity index (χ2n) is 6.34. The molecule has 1 fully saturated rings. The van der Waals surface area contributed by atoms with Crippen LogP contribution >= 0.6 is 11.6 Å². The number of hydrogen-bond acceptors (Lipinski definition) is 3. The number of anilines is 2. The monoisotopic (exact) mass is 365 g/mol. The molecule has 1 heterocycles. The number of rotatable bonds is 4. The Morgan fingerprint density at radius 2 is 1.96 bits per heavy atom. The third-order valence-corrected chi connectivity index (χ3v) is 4.80. The van der Waals surface area contributed by atoms with Gasteiger partial charge in [0.25, 0.3) is 5.91 Å². The Labute approximate surface area is 158 Å². The van der Waals surface area contributed by atoms with Crippen molar-refractivity contribution in [1.29, 1.82) is 5.26 Å². The SMILES string of the molecule is Cc1cc(/C=C(\C#N)C(=O)Nc2ccccc2Cl)ccc1N1CCCC1. The predicted octanol–water partition coefficient (Wildman–Crippen LogP) is 4.79. The first kappa shape index (κ1) is 18.0. The number of aryl methyl sites for hydroxylation is 1. The summed E-state index contributed by atoms with van der Waals surface area (Å²) in [6.07, 6.45) is 4.05. The Hall–Kier alpha value is -2.77. The molecule has 26 heavy (non-hydrogen) atoms. The fourth-order valence-corrected chi connectivity index (χ4v) is 3.33. The van der Waals surface area contributed by atoms with Gasteiger partial charge >= 0.3 is 0 Å². The molecule has 0 aromatic heterocycles. The topological polar surface area (TPSA) is 56.1 Å². The Morgan fingerprint density at radius 1 is 1.23 bits per heavy atom. The lowest BCUT2D eigenvalue weighted by atomic mass is 10.1. The number of para-hydroxylation sites is 1. The van der Waals surface area contributed by atoms with Crippen molar-refractivity contribution < 1.29 is 4.79 Å². The van der Waals surface area contributed by atoms with Gasteiger partial charge in [-0.15, -0.1) is 0 Å². The second-order valence-corrected chi connectivity index (χ2v) is 6.75. The van der Waals surface area contributed by atoms with Crippen molar-refractivity contribution >= 4 is 35.0 Å². The molecule has 0 aliphatic carbocycles. The second kappa shape index (κ2) is 8.07. The lowest BCUT2D eigenvalue weighted by Gasteiger charge is -2.20. The number of benzene rings is 2. The molecule has 2 aromatic rings. The molecule has 0 radical (unpaired) electrons. The molecule has 132 valence electrons. The van der Waals surface area contributed by atoms with E-state index in [1.165, 1.54) is 18.5 Å². The van der Waals surface area contributed by atoms with Gasteiger partial charge in [0.05, 0.1) is 10.7 Å². The van der Waals surface area contributed by atoms with Gasteiger partial charge in [0.15, 0.2) is 0 Å². The molecule has 0 spiro atoms. The zero-order chi connectivity index (χ0) is 18.5. The molecule has 1 amide bonds. The normalized spacial score (nSPS) is 14.2. The van der Waals surface area contributed by atoms with Gasteiger partial charge in [-0.05, 0) is 61.2 Å². The minimum atomic E-state index is -0.470. The Balaban J connectivity index is 1.80. The number of nitriles is 1. The van der Waals surface area contributed by atoms with E-state index in [1.54, 1.807) is 30.3 Å². The molecule has 4 nitrogen and oxygen atoms in total. The van der Waals surface area contributed by atoms with Crippen LogP contribution in [0.25, 0.3) is 6.08 Å². The molecule has 0 unspecified atom stereocenters. The van der Waals surface area contributed by atoms with E-state index in [0.717, 1.165) is 24.2 Å². The van der Waals surface area contributed by atoms with Gasteiger partial charge in [-0.1, -0.05) is 29.8 Å². The van der Waals surface area contributed by atoms with E-state index in [9.17, 15) is 10.1 Å². The van der Waals surface area contributed by atoms with Gasteiger partial charge in [0, 0.05) is 18.8 Å². The van der Waals surface area contributed by atoms with Crippen LogP contribution in [0, 0.1) is 18.3 Å². The average Bonchev–Trinajstić information content (AvgIpc) is 3.16. The number of amides is 1. The summed E-state index contributed by atoms with van der Waals surface area (Å²) in [5.41, 5.74) is 3.72. The Kier molecular flexibility index (Phi) is 5.60. The van der Waals surface area contributed by atoms with Crippen molar-refractivity contribution in [2.24, 2.45) is 0 Å². The zero-order valence-electron chi connectivity index (χ0n) is 14.6. The van der Waals surface area contributed by atoms with Gasteiger partial charge in [-0.2, -0.15) is 5.26 Å². The fraction of sp³-hybridized carbons (Fsp3) is 0.238. The summed E-state index contributed by atoms with van der Waals surface area (Å²) in [7, 11) is 0. The van der Waals surface area contributed by atoms with E-state index in [1.807, 2.05) is 18.2 Å². The van der Waals surface area contributed by atoms with E-state index in [0.29, 0.717) is 10.7 Å². The van der Waals surface area contributed by atoms with E-state index in [4.69, 9.17) is 11.6 Å². The summed E-state index contributed by atoms with van der Waals surface area (Å²) in [6, 6.07) is 14.9. The molecular formula is C21H20ClN3O. The molecule has 0 saturated carbocycles. The first-order valence-electron chi connectivity index (χ1n) is 8.62. The van der Waals surface area contributed by atoms with Crippen molar-refractivity contribution in [3.8, 4) is 6.07 Å². The molecule has 1 N–H and O–H groups in total. The summed E-state index contributed by atoms with van der Waals surface area (Å²) in [4.78, 5) is 14.8. The van der Waals surface area contributed by atoms with Crippen LogP contribution in [0.3, 0.4) is 0 Å². The minimum absolute atomic E-state index is 0.0400. The Morgan fingerprint density at radius 3 is 2.62 bits per heavy atom. The summed E-state index contributed by atoms with van der Waals surface area (Å²) in [6.45, 7) is 4.22. The molecule has 1 aliphatic rings. The summed E-state index contributed by atoms with van der Waals surface area (Å²) in [5, 5.41) is 12.5. The molecule has 0 bridgehead atoms. The van der Waals surface area contributed by atoms with Crippen molar-refractivity contribution in [3.63, 3.8) is 0 Å². The number of carbonyl (C=O) groups excluding carboxylic acids is 1. The number of halogens is 1. The predicted molar refractivity (Wildman–Crippen MR) is 106 cm³/mol. The molecule has 0 atom stereocenters. The highest BCUT2D eigenvalue weighted by molar-refractivity contribution is 6.34. The number of nitrogens with one attached hydrogen (secondary N) is 1. The largest absolute Gasteiger partial charge is 0.371 e. The highest BCUT2D eigenvalue weighted by atomic mass is 35.5. The third kappa shape index (κ3) is 4.07. The molecule has 3 rings (SSSR count). The molecule has 2 aromatic carbocycles. The van der Waals surface area contributed by atoms with Crippen LogP contribution in [-0.4, -0.2) is 19.0 Å². The van der Waals surface area contributed by atoms with E-state index in [-0.39, 0.29) is 5.57 Å². The third-order valence-electron chi connectivity index (χ3n) is 4.47. The maximum Gasteiger partial charge on any atom is 0.266 e. The van der Waals surface area contributed by atoms with Gasteiger partial charge < -0.3 is 10.2 Å².